The predicted octanol–water partition coefficient (Wildman–Crippen LogP) is 5.05. The maximum Gasteiger partial charge on any atom is 0.261 e. The van der Waals surface area contributed by atoms with Gasteiger partial charge in [0.15, 0.2) is 0 Å². The molecule has 3 aromatic rings. The third-order valence-electron chi connectivity index (χ3n) is 3.71. The van der Waals surface area contributed by atoms with Gasteiger partial charge >= 0.3 is 0 Å². The number of benzene rings is 2. The highest BCUT2D eigenvalue weighted by Crippen LogP contribution is 2.19. The largest absolute Gasteiger partial charge is 0.322 e. The van der Waals surface area contributed by atoms with E-state index in [1.54, 1.807) is 60.7 Å². The fourth-order valence-corrected chi connectivity index (χ4v) is 2.65. The zero-order valence-corrected chi connectivity index (χ0v) is 16.0. The minimum atomic E-state index is -0.587. The third-order valence-corrected chi connectivity index (χ3v) is 4.28. The number of para-hydroxylation sites is 1. The first-order valence-electron chi connectivity index (χ1n) is 8.28. The molecule has 0 aliphatic carbocycles. The molecule has 1 heterocycles. The molecule has 0 saturated heterocycles. The number of halogens is 2. The van der Waals surface area contributed by atoms with Gasteiger partial charge in [-0.25, -0.2) is 4.98 Å². The molecule has 2 aromatic carbocycles. The van der Waals surface area contributed by atoms with Gasteiger partial charge in [-0.15, -0.1) is 0 Å². The highest BCUT2D eigenvalue weighted by atomic mass is 35.5. The van der Waals surface area contributed by atoms with E-state index in [1.165, 1.54) is 12.3 Å². The molecule has 28 heavy (non-hydrogen) atoms. The molecule has 3 rings (SSSR count). The van der Waals surface area contributed by atoms with Crippen LogP contribution in [0.4, 0.5) is 11.4 Å². The number of nitrogens with one attached hydrogen (secondary N) is 2. The SMILES string of the molecule is O=C(Nc1ccccc1)/C(=C\c1cccnc1Cl)C(=O)Nc1ccc(Cl)cc1. The number of anilines is 2. The summed E-state index contributed by atoms with van der Waals surface area (Å²) in [6.07, 6.45) is 2.93. The van der Waals surface area contributed by atoms with Crippen molar-refractivity contribution in [3.63, 3.8) is 0 Å². The molecule has 0 bridgehead atoms. The van der Waals surface area contributed by atoms with Crippen molar-refractivity contribution < 1.29 is 9.59 Å². The number of carbonyl (C=O) groups is 2. The van der Waals surface area contributed by atoms with Crippen molar-refractivity contribution in [2.24, 2.45) is 0 Å². The molecule has 2 N–H and O–H groups in total. The summed E-state index contributed by atoms with van der Waals surface area (Å²) in [4.78, 5) is 29.6. The molecule has 0 atom stereocenters. The first kappa shape index (κ1) is 19.6. The van der Waals surface area contributed by atoms with Gasteiger partial charge in [0.1, 0.15) is 10.7 Å². The Balaban J connectivity index is 1.91. The first-order chi connectivity index (χ1) is 13.5. The first-order valence-corrected chi connectivity index (χ1v) is 9.04. The minimum absolute atomic E-state index is 0.117. The second kappa shape index (κ2) is 9.17. The summed E-state index contributed by atoms with van der Waals surface area (Å²) >= 11 is 11.9. The average molecular weight is 412 g/mol. The Morgan fingerprint density at radius 2 is 1.39 bits per heavy atom. The Morgan fingerprint density at radius 1 is 0.786 bits per heavy atom. The predicted molar refractivity (Wildman–Crippen MR) is 112 cm³/mol. The van der Waals surface area contributed by atoms with Crippen LogP contribution in [-0.4, -0.2) is 16.8 Å². The van der Waals surface area contributed by atoms with E-state index in [2.05, 4.69) is 15.6 Å². The van der Waals surface area contributed by atoms with Crippen LogP contribution in [-0.2, 0) is 9.59 Å². The van der Waals surface area contributed by atoms with Crippen molar-refractivity contribution in [3.05, 3.63) is 94.2 Å². The Labute approximate surface area is 172 Å². The lowest BCUT2D eigenvalue weighted by molar-refractivity contribution is -0.118. The lowest BCUT2D eigenvalue weighted by Gasteiger charge is -2.11. The summed E-state index contributed by atoms with van der Waals surface area (Å²) in [5.41, 5.74) is 1.41. The summed E-state index contributed by atoms with van der Waals surface area (Å²) in [5, 5.41) is 6.12. The quantitative estimate of drug-likeness (QED) is 0.267. The van der Waals surface area contributed by atoms with E-state index in [0.717, 1.165) is 0 Å². The Hall–Kier alpha value is -3.15. The Morgan fingerprint density at radius 3 is 2.00 bits per heavy atom. The fourth-order valence-electron chi connectivity index (χ4n) is 2.35. The molecule has 0 saturated carbocycles. The maximum atomic E-state index is 12.8. The van der Waals surface area contributed by atoms with Gasteiger partial charge in [0.2, 0.25) is 0 Å². The second-order valence-corrected chi connectivity index (χ2v) is 6.52. The number of pyridine rings is 1. The highest BCUT2D eigenvalue weighted by molar-refractivity contribution is 6.33. The van der Waals surface area contributed by atoms with Gasteiger partial charge in [0, 0.05) is 28.2 Å². The summed E-state index contributed by atoms with van der Waals surface area (Å²) in [7, 11) is 0. The monoisotopic (exact) mass is 411 g/mol. The van der Waals surface area contributed by atoms with Crippen LogP contribution in [0.1, 0.15) is 5.56 Å². The van der Waals surface area contributed by atoms with Crippen molar-refractivity contribution in [2.45, 2.75) is 0 Å². The molecular formula is C21H15Cl2N3O2. The van der Waals surface area contributed by atoms with E-state index in [0.29, 0.717) is 22.0 Å². The average Bonchev–Trinajstić information content (AvgIpc) is 2.69. The normalized spacial score (nSPS) is 11.0. The van der Waals surface area contributed by atoms with Crippen LogP contribution in [0.2, 0.25) is 10.2 Å². The van der Waals surface area contributed by atoms with Crippen molar-refractivity contribution in [2.75, 3.05) is 10.6 Å². The van der Waals surface area contributed by atoms with Gasteiger partial charge in [-0.1, -0.05) is 47.5 Å². The maximum absolute atomic E-state index is 12.8. The number of hydrogen-bond donors (Lipinski definition) is 2. The molecule has 7 heteroatoms. The van der Waals surface area contributed by atoms with E-state index in [9.17, 15) is 9.59 Å². The highest BCUT2D eigenvalue weighted by Gasteiger charge is 2.19. The number of nitrogens with zero attached hydrogens (tertiary/aromatic N) is 1. The zero-order chi connectivity index (χ0) is 19.9. The van der Waals surface area contributed by atoms with E-state index in [-0.39, 0.29) is 10.7 Å². The third kappa shape index (κ3) is 5.19. The van der Waals surface area contributed by atoms with Crippen molar-refractivity contribution >= 4 is 52.5 Å². The van der Waals surface area contributed by atoms with Gasteiger partial charge in [-0.05, 0) is 48.5 Å². The lowest BCUT2D eigenvalue weighted by Crippen LogP contribution is -2.25. The minimum Gasteiger partial charge on any atom is -0.322 e. The number of amides is 2. The molecule has 0 unspecified atom stereocenters. The topological polar surface area (TPSA) is 71.1 Å². The number of rotatable bonds is 5. The molecular weight excluding hydrogens is 397 g/mol. The van der Waals surface area contributed by atoms with Crippen LogP contribution < -0.4 is 10.6 Å². The van der Waals surface area contributed by atoms with Gasteiger partial charge in [-0.3, -0.25) is 9.59 Å². The van der Waals surface area contributed by atoms with E-state index < -0.39 is 11.8 Å². The number of hydrogen-bond acceptors (Lipinski definition) is 3. The summed E-state index contributed by atoms with van der Waals surface area (Å²) < 4.78 is 0. The molecule has 140 valence electrons. The molecule has 0 aliphatic heterocycles. The van der Waals surface area contributed by atoms with Crippen molar-refractivity contribution in [1.82, 2.24) is 4.98 Å². The van der Waals surface area contributed by atoms with Gasteiger partial charge in [-0.2, -0.15) is 0 Å². The molecule has 0 fully saturated rings. The number of aromatic nitrogens is 1. The fraction of sp³-hybridized carbons (Fsp3) is 0. The Bertz CT molecular complexity index is 1020. The molecule has 0 spiro atoms. The Kier molecular flexibility index (Phi) is 6.42. The number of carbonyl (C=O) groups excluding carboxylic acids is 2. The second-order valence-electron chi connectivity index (χ2n) is 5.72. The lowest BCUT2D eigenvalue weighted by atomic mass is 10.1. The van der Waals surface area contributed by atoms with Crippen LogP contribution in [0, 0.1) is 0 Å². The molecule has 5 nitrogen and oxygen atoms in total. The van der Waals surface area contributed by atoms with Crippen LogP contribution in [0.5, 0.6) is 0 Å². The van der Waals surface area contributed by atoms with E-state index in [4.69, 9.17) is 23.2 Å². The summed E-state index contributed by atoms with van der Waals surface area (Å²) in [5.74, 6) is -1.16. The van der Waals surface area contributed by atoms with Crippen LogP contribution in [0.3, 0.4) is 0 Å². The van der Waals surface area contributed by atoms with Crippen LogP contribution >= 0.6 is 23.2 Å². The molecule has 0 radical (unpaired) electrons. The van der Waals surface area contributed by atoms with Crippen LogP contribution in [0.15, 0.2) is 78.5 Å². The molecule has 1 aromatic heterocycles. The molecule has 2 amide bonds. The van der Waals surface area contributed by atoms with Gasteiger partial charge in [0.05, 0.1) is 0 Å². The van der Waals surface area contributed by atoms with Gasteiger partial charge in [0.25, 0.3) is 11.8 Å². The van der Waals surface area contributed by atoms with Crippen LogP contribution in [0.25, 0.3) is 6.08 Å². The van der Waals surface area contributed by atoms with E-state index >= 15 is 0 Å². The van der Waals surface area contributed by atoms with E-state index in [1.807, 2.05) is 6.07 Å². The zero-order valence-electron chi connectivity index (χ0n) is 14.5. The van der Waals surface area contributed by atoms with Crippen molar-refractivity contribution in [1.29, 1.82) is 0 Å². The van der Waals surface area contributed by atoms with Crippen molar-refractivity contribution in [3.8, 4) is 0 Å². The smallest absolute Gasteiger partial charge is 0.261 e. The summed E-state index contributed by atoms with van der Waals surface area (Å²) in [6, 6.07) is 18.7. The standard InChI is InChI=1S/C21H15Cl2N3O2/c22-15-8-10-17(11-9-15)26-21(28)18(13-14-5-4-12-24-19(14)23)20(27)25-16-6-2-1-3-7-16/h1-13H,(H,25,27)(H,26,28)/b18-13+. The van der Waals surface area contributed by atoms with Gasteiger partial charge < -0.3 is 10.6 Å². The molecule has 0 aliphatic rings. The summed E-state index contributed by atoms with van der Waals surface area (Å²) in [6.45, 7) is 0.